The van der Waals surface area contributed by atoms with E-state index in [1.54, 1.807) is 30.5 Å². The van der Waals surface area contributed by atoms with Crippen molar-refractivity contribution < 1.29 is 14.4 Å². The van der Waals surface area contributed by atoms with Gasteiger partial charge in [-0.25, -0.2) is 14.8 Å². The minimum absolute atomic E-state index is 0.0523. The maximum Gasteiger partial charge on any atom is 0.458 e. The molecule has 0 saturated carbocycles. The molecular formula is C15H15ClN6O3S. The Bertz CT molecular complexity index is 834. The van der Waals surface area contributed by atoms with Gasteiger partial charge in [-0.2, -0.15) is 10.1 Å². The van der Waals surface area contributed by atoms with Crippen LogP contribution in [0.1, 0.15) is 16.1 Å². The van der Waals surface area contributed by atoms with Gasteiger partial charge in [0.05, 0.1) is 12.1 Å². The highest BCUT2D eigenvalue weighted by atomic mass is 35.5. The monoisotopic (exact) mass is 394 g/mol. The molecule has 136 valence electrons. The molecule has 1 aromatic carbocycles. The van der Waals surface area contributed by atoms with Gasteiger partial charge in [0.2, 0.25) is 0 Å². The summed E-state index contributed by atoms with van der Waals surface area (Å²) in [6.07, 6.45) is 0.743. The van der Waals surface area contributed by atoms with Gasteiger partial charge in [-0.05, 0) is 11.8 Å². The molecule has 0 fully saturated rings. The van der Waals surface area contributed by atoms with E-state index in [1.807, 2.05) is 6.07 Å². The molecule has 0 aliphatic heterocycles. The number of nitrogens with zero attached hydrogens (tertiary/aromatic N) is 4. The number of aromatic nitrogens is 2. The lowest BCUT2D eigenvalue weighted by Crippen LogP contribution is -2.34. The van der Waals surface area contributed by atoms with Crippen LogP contribution in [0, 0.1) is 0 Å². The van der Waals surface area contributed by atoms with E-state index in [-0.39, 0.29) is 29.0 Å². The predicted molar refractivity (Wildman–Crippen MR) is 101 cm³/mol. The van der Waals surface area contributed by atoms with Crippen LogP contribution in [0.25, 0.3) is 0 Å². The molecule has 9 nitrogen and oxygen atoms in total. The molecule has 4 N–H and O–H groups in total. The highest BCUT2D eigenvalue weighted by Crippen LogP contribution is 2.20. The maximum absolute atomic E-state index is 12.8. The fraction of sp³-hybridized carbons (Fsp3) is 0.133. The standard InChI is InChI=1S/C15H15ClN6O3S/c1-26-8-19-15(24)25-22(7-9-5-3-2-4-6-9)14(23)10-12(17)21-13(18)11(16)20-10/h2-6,8H,7H2,1H3,(H4,17,18,21). The van der Waals surface area contributed by atoms with Crippen molar-refractivity contribution in [3.8, 4) is 0 Å². The Balaban J connectivity index is 2.32. The summed E-state index contributed by atoms with van der Waals surface area (Å²) in [5.41, 5.74) is 12.9. The van der Waals surface area contributed by atoms with Crippen molar-refractivity contribution in [1.29, 1.82) is 0 Å². The molecule has 0 atom stereocenters. The van der Waals surface area contributed by atoms with Crippen LogP contribution in [0.15, 0.2) is 35.3 Å². The van der Waals surface area contributed by atoms with Gasteiger partial charge in [-0.1, -0.05) is 41.9 Å². The Morgan fingerprint density at radius 3 is 2.62 bits per heavy atom. The largest absolute Gasteiger partial charge is 0.458 e. The minimum Gasteiger partial charge on any atom is -0.382 e. The third-order valence-corrected chi connectivity index (χ3v) is 3.55. The SMILES string of the molecule is CSC=NC(=O)ON(Cc1ccccc1)C(=O)c1nc(Cl)c(N)nc1N. The lowest BCUT2D eigenvalue weighted by atomic mass is 10.2. The summed E-state index contributed by atoms with van der Waals surface area (Å²) in [7, 11) is 0. The zero-order valence-corrected chi connectivity index (χ0v) is 15.2. The number of rotatable bonds is 4. The highest BCUT2D eigenvalue weighted by molar-refractivity contribution is 8.11. The van der Waals surface area contributed by atoms with Crippen LogP contribution in [0.5, 0.6) is 0 Å². The zero-order chi connectivity index (χ0) is 19.1. The number of amides is 2. The molecule has 2 amide bonds. The number of carbonyl (C=O) groups excluding carboxylic acids is 2. The first kappa shape index (κ1) is 19.5. The molecule has 0 radical (unpaired) electrons. The second kappa shape index (κ2) is 9.02. The number of halogens is 1. The molecule has 0 aliphatic rings. The van der Waals surface area contributed by atoms with Gasteiger partial charge >= 0.3 is 12.0 Å². The summed E-state index contributed by atoms with van der Waals surface area (Å²) in [5.74, 6) is -1.16. The van der Waals surface area contributed by atoms with Gasteiger partial charge in [-0.3, -0.25) is 4.79 Å². The Morgan fingerprint density at radius 2 is 1.96 bits per heavy atom. The molecule has 0 saturated heterocycles. The van der Waals surface area contributed by atoms with E-state index in [1.165, 1.54) is 17.3 Å². The summed E-state index contributed by atoms with van der Waals surface area (Å²) in [6, 6.07) is 8.88. The van der Waals surface area contributed by atoms with Gasteiger partial charge in [0, 0.05) is 0 Å². The molecule has 1 aromatic heterocycles. The average molecular weight is 395 g/mol. The third kappa shape index (κ3) is 5.07. The molecule has 11 heteroatoms. The first-order valence-corrected chi connectivity index (χ1v) is 8.80. The predicted octanol–water partition coefficient (Wildman–Crippen LogP) is 2.38. The zero-order valence-electron chi connectivity index (χ0n) is 13.6. The average Bonchev–Trinajstić information content (AvgIpc) is 2.62. The van der Waals surface area contributed by atoms with E-state index < -0.39 is 12.0 Å². The highest BCUT2D eigenvalue weighted by Gasteiger charge is 2.25. The number of benzene rings is 1. The number of nitrogen functional groups attached to an aromatic ring is 2. The molecular weight excluding hydrogens is 380 g/mol. The van der Waals surface area contributed by atoms with Gasteiger partial charge in [0.1, 0.15) is 0 Å². The van der Waals surface area contributed by atoms with Crippen molar-refractivity contribution in [1.82, 2.24) is 15.0 Å². The fourth-order valence-electron chi connectivity index (χ4n) is 1.83. The minimum atomic E-state index is -0.975. The Morgan fingerprint density at radius 1 is 1.27 bits per heavy atom. The number of nitrogens with two attached hydrogens (primary N) is 2. The molecule has 0 bridgehead atoms. The van der Waals surface area contributed by atoms with Crippen LogP contribution in [-0.4, -0.2) is 38.8 Å². The van der Waals surface area contributed by atoms with E-state index >= 15 is 0 Å². The maximum atomic E-state index is 12.8. The van der Waals surface area contributed by atoms with E-state index in [4.69, 9.17) is 27.9 Å². The van der Waals surface area contributed by atoms with Gasteiger partial charge in [-0.15, -0.1) is 11.8 Å². The smallest absolute Gasteiger partial charge is 0.382 e. The lowest BCUT2D eigenvalue weighted by Gasteiger charge is -2.20. The topological polar surface area (TPSA) is 137 Å². The van der Waals surface area contributed by atoms with Crippen LogP contribution < -0.4 is 11.5 Å². The number of hydroxylamine groups is 2. The van der Waals surface area contributed by atoms with Crippen LogP contribution in [0.4, 0.5) is 16.4 Å². The van der Waals surface area contributed by atoms with Gasteiger partial charge in [0.15, 0.2) is 22.5 Å². The number of aliphatic imine (C=N–C) groups is 1. The Kier molecular flexibility index (Phi) is 6.75. The first-order chi connectivity index (χ1) is 12.4. The van der Waals surface area contributed by atoms with Crippen molar-refractivity contribution in [3.63, 3.8) is 0 Å². The van der Waals surface area contributed by atoms with Crippen molar-refractivity contribution in [2.75, 3.05) is 17.7 Å². The van der Waals surface area contributed by atoms with Crippen LogP contribution in [0.2, 0.25) is 5.15 Å². The molecule has 2 rings (SSSR count). The number of hydrogen-bond acceptors (Lipinski definition) is 8. The number of anilines is 2. The lowest BCUT2D eigenvalue weighted by molar-refractivity contribution is -0.0720. The van der Waals surface area contributed by atoms with Crippen molar-refractivity contribution in [2.24, 2.45) is 4.99 Å². The summed E-state index contributed by atoms with van der Waals surface area (Å²) < 4.78 is 0. The number of thioether (sulfide) groups is 1. The third-order valence-electron chi connectivity index (χ3n) is 2.95. The van der Waals surface area contributed by atoms with Crippen molar-refractivity contribution >= 4 is 52.5 Å². The quantitative estimate of drug-likeness (QED) is 0.458. The first-order valence-electron chi connectivity index (χ1n) is 7.14. The molecule has 26 heavy (non-hydrogen) atoms. The van der Waals surface area contributed by atoms with E-state index in [0.29, 0.717) is 5.56 Å². The fourth-order valence-corrected chi connectivity index (χ4v) is 2.14. The van der Waals surface area contributed by atoms with Gasteiger partial charge < -0.3 is 16.3 Å². The summed E-state index contributed by atoms with van der Waals surface area (Å²) in [4.78, 5) is 40.7. The molecule has 1 heterocycles. The number of hydrogen-bond donors (Lipinski definition) is 2. The normalized spacial score (nSPS) is 10.7. The van der Waals surface area contributed by atoms with E-state index in [2.05, 4.69) is 15.0 Å². The van der Waals surface area contributed by atoms with Crippen LogP contribution in [-0.2, 0) is 11.4 Å². The molecule has 0 aliphatic carbocycles. The number of carbonyl (C=O) groups is 2. The second-order valence-electron chi connectivity index (χ2n) is 4.79. The van der Waals surface area contributed by atoms with Crippen LogP contribution >= 0.6 is 23.4 Å². The Labute approximate surface area is 158 Å². The van der Waals surface area contributed by atoms with Crippen molar-refractivity contribution in [2.45, 2.75) is 6.54 Å². The summed E-state index contributed by atoms with van der Waals surface area (Å²) >= 11 is 7.01. The summed E-state index contributed by atoms with van der Waals surface area (Å²) in [6.45, 7) is -0.0523. The summed E-state index contributed by atoms with van der Waals surface area (Å²) in [5, 5.41) is 0.594. The molecule has 2 aromatic rings. The molecule has 0 unspecified atom stereocenters. The second-order valence-corrected chi connectivity index (χ2v) is 5.83. The Hall–Kier alpha value is -2.85. The van der Waals surface area contributed by atoms with Crippen molar-refractivity contribution in [3.05, 3.63) is 46.7 Å². The van der Waals surface area contributed by atoms with Gasteiger partial charge in [0.25, 0.3) is 0 Å². The molecule has 0 spiro atoms. The van der Waals surface area contributed by atoms with E-state index in [0.717, 1.165) is 5.06 Å². The van der Waals surface area contributed by atoms with E-state index in [9.17, 15) is 9.59 Å². The van der Waals surface area contributed by atoms with Crippen LogP contribution in [0.3, 0.4) is 0 Å².